The molecule has 3 rings (SSSR count). The number of piperidine rings is 1. The number of para-hydroxylation sites is 1. The van der Waals surface area contributed by atoms with Crippen LogP contribution in [0.4, 0.5) is 10.5 Å². The lowest BCUT2D eigenvalue weighted by Gasteiger charge is -2.37. The molecule has 3 amide bonds. The smallest absolute Gasteiger partial charge is 0.320 e. The van der Waals surface area contributed by atoms with Gasteiger partial charge in [0.2, 0.25) is 5.91 Å². The monoisotopic (exact) mass is 394 g/mol. The molecule has 0 aromatic heterocycles. The number of hydrogen-bond donors (Lipinski definition) is 3. The SMILES string of the molecule is CC(C)(NC(=O)Nc1ccccc1)C(=O)N1CCC(NCC2CC2)CC1.Cl. The molecule has 27 heavy (non-hydrogen) atoms. The molecule has 0 unspecified atom stereocenters. The van der Waals surface area contributed by atoms with Crippen molar-refractivity contribution in [3.63, 3.8) is 0 Å². The summed E-state index contributed by atoms with van der Waals surface area (Å²) in [6.07, 6.45) is 4.67. The fraction of sp³-hybridized carbons (Fsp3) is 0.600. The van der Waals surface area contributed by atoms with Crippen LogP contribution in [0.15, 0.2) is 30.3 Å². The van der Waals surface area contributed by atoms with E-state index in [-0.39, 0.29) is 24.3 Å². The quantitative estimate of drug-likeness (QED) is 0.694. The summed E-state index contributed by atoms with van der Waals surface area (Å²) < 4.78 is 0. The molecule has 1 aliphatic carbocycles. The number of likely N-dealkylation sites (tertiary alicyclic amines) is 1. The number of hydrogen-bond acceptors (Lipinski definition) is 3. The number of amides is 3. The van der Waals surface area contributed by atoms with Crippen LogP contribution >= 0.6 is 12.4 Å². The number of nitrogens with one attached hydrogen (secondary N) is 3. The van der Waals surface area contributed by atoms with Crippen LogP contribution in [0.3, 0.4) is 0 Å². The number of anilines is 1. The number of carbonyl (C=O) groups excluding carboxylic acids is 2. The van der Waals surface area contributed by atoms with Crippen molar-refractivity contribution in [3.05, 3.63) is 30.3 Å². The highest BCUT2D eigenvalue weighted by Gasteiger charge is 2.35. The highest BCUT2D eigenvalue weighted by atomic mass is 35.5. The second-order valence-corrected chi connectivity index (χ2v) is 7.99. The molecule has 1 saturated carbocycles. The molecular formula is C20H31ClN4O2. The van der Waals surface area contributed by atoms with Crippen LogP contribution in [0.25, 0.3) is 0 Å². The van der Waals surface area contributed by atoms with E-state index in [1.165, 1.54) is 12.8 Å². The Labute approximate surface area is 167 Å². The minimum Gasteiger partial charge on any atom is -0.341 e. The Bertz CT molecular complexity index is 626. The Hall–Kier alpha value is -1.79. The average molecular weight is 395 g/mol. The maximum atomic E-state index is 12.9. The number of nitrogens with zero attached hydrogens (tertiary/aromatic N) is 1. The number of rotatable bonds is 6. The summed E-state index contributed by atoms with van der Waals surface area (Å²) in [5.74, 6) is 0.849. The molecule has 2 fully saturated rings. The molecule has 7 heteroatoms. The summed E-state index contributed by atoms with van der Waals surface area (Å²) in [5, 5.41) is 9.19. The Morgan fingerprint density at radius 2 is 1.70 bits per heavy atom. The molecule has 3 N–H and O–H groups in total. The van der Waals surface area contributed by atoms with Crippen molar-refractivity contribution < 1.29 is 9.59 Å². The van der Waals surface area contributed by atoms with Gasteiger partial charge in [-0.15, -0.1) is 12.4 Å². The molecular weight excluding hydrogens is 364 g/mol. The van der Waals surface area contributed by atoms with Crippen LogP contribution in [0.1, 0.15) is 39.5 Å². The van der Waals surface area contributed by atoms with Gasteiger partial charge < -0.3 is 20.9 Å². The predicted molar refractivity (Wildman–Crippen MR) is 110 cm³/mol. The minimum atomic E-state index is -0.937. The van der Waals surface area contributed by atoms with Crippen molar-refractivity contribution in [2.24, 2.45) is 5.92 Å². The van der Waals surface area contributed by atoms with Crippen LogP contribution in [0, 0.1) is 5.92 Å². The molecule has 2 aliphatic rings. The third kappa shape index (κ3) is 6.40. The van der Waals surface area contributed by atoms with Crippen LogP contribution in [0.2, 0.25) is 0 Å². The van der Waals surface area contributed by atoms with Crippen molar-refractivity contribution in [2.75, 3.05) is 25.0 Å². The molecule has 1 saturated heterocycles. The molecule has 0 spiro atoms. The fourth-order valence-corrected chi connectivity index (χ4v) is 3.36. The fourth-order valence-electron chi connectivity index (χ4n) is 3.36. The molecule has 1 aliphatic heterocycles. The third-order valence-corrected chi connectivity index (χ3v) is 5.17. The van der Waals surface area contributed by atoms with Gasteiger partial charge in [-0.25, -0.2) is 4.79 Å². The van der Waals surface area contributed by atoms with E-state index >= 15 is 0 Å². The highest BCUT2D eigenvalue weighted by molar-refractivity contribution is 5.95. The van der Waals surface area contributed by atoms with E-state index in [1.807, 2.05) is 35.2 Å². The maximum absolute atomic E-state index is 12.9. The van der Waals surface area contributed by atoms with Gasteiger partial charge in [-0.1, -0.05) is 18.2 Å². The molecule has 1 aromatic rings. The minimum absolute atomic E-state index is 0. The molecule has 6 nitrogen and oxygen atoms in total. The Morgan fingerprint density at radius 3 is 2.30 bits per heavy atom. The summed E-state index contributed by atoms with van der Waals surface area (Å²) in [6, 6.07) is 9.37. The van der Waals surface area contributed by atoms with Gasteiger partial charge in [0.05, 0.1) is 0 Å². The van der Waals surface area contributed by atoms with E-state index in [0.717, 1.165) is 38.4 Å². The van der Waals surface area contributed by atoms with Crippen LogP contribution in [0.5, 0.6) is 0 Å². The summed E-state index contributed by atoms with van der Waals surface area (Å²) >= 11 is 0. The zero-order valence-electron chi connectivity index (χ0n) is 16.2. The molecule has 0 atom stereocenters. The number of halogens is 1. The van der Waals surface area contributed by atoms with E-state index in [9.17, 15) is 9.59 Å². The van der Waals surface area contributed by atoms with Gasteiger partial charge in [-0.05, 0) is 64.1 Å². The summed E-state index contributed by atoms with van der Waals surface area (Å²) in [6.45, 7) is 6.12. The zero-order valence-corrected chi connectivity index (χ0v) is 17.0. The van der Waals surface area contributed by atoms with E-state index in [2.05, 4.69) is 16.0 Å². The third-order valence-electron chi connectivity index (χ3n) is 5.17. The zero-order chi connectivity index (χ0) is 18.6. The van der Waals surface area contributed by atoms with E-state index in [4.69, 9.17) is 0 Å². The average Bonchev–Trinajstić information content (AvgIpc) is 3.44. The van der Waals surface area contributed by atoms with Gasteiger partial charge in [0, 0.05) is 24.8 Å². The van der Waals surface area contributed by atoms with Crippen molar-refractivity contribution in [1.82, 2.24) is 15.5 Å². The second-order valence-electron chi connectivity index (χ2n) is 7.99. The van der Waals surface area contributed by atoms with Crippen LogP contribution in [-0.4, -0.2) is 48.1 Å². The maximum Gasteiger partial charge on any atom is 0.320 e. The van der Waals surface area contributed by atoms with Gasteiger partial charge in [0.1, 0.15) is 5.54 Å². The predicted octanol–water partition coefficient (Wildman–Crippen LogP) is 3.00. The van der Waals surface area contributed by atoms with Crippen LogP contribution in [-0.2, 0) is 4.79 Å². The topological polar surface area (TPSA) is 73.5 Å². The first-order chi connectivity index (χ1) is 12.4. The lowest BCUT2D eigenvalue weighted by molar-refractivity contribution is -0.137. The lowest BCUT2D eigenvalue weighted by Crippen LogP contribution is -2.58. The summed E-state index contributed by atoms with van der Waals surface area (Å²) in [4.78, 5) is 26.9. The molecule has 1 aromatic carbocycles. The second kappa shape index (κ2) is 9.42. The van der Waals surface area contributed by atoms with Gasteiger partial charge in [-0.2, -0.15) is 0 Å². The Kier molecular flexibility index (Phi) is 7.50. The normalized spacial score (nSPS) is 17.8. The summed E-state index contributed by atoms with van der Waals surface area (Å²) in [5.41, 5.74) is -0.233. The Balaban J connectivity index is 0.00000261. The molecule has 0 bridgehead atoms. The standard InChI is InChI=1S/C20H30N4O2.ClH/c1-20(2,23-19(26)22-17-6-4-3-5-7-17)18(25)24-12-10-16(11-13-24)21-14-15-8-9-15;/h3-7,15-16,21H,8-14H2,1-2H3,(H2,22,23,26);1H. The molecule has 150 valence electrons. The van der Waals surface area contributed by atoms with Gasteiger partial charge in [0.15, 0.2) is 0 Å². The van der Waals surface area contributed by atoms with E-state index in [0.29, 0.717) is 11.7 Å². The number of benzene rings is 1. The van der Waals surface area contributed by atoms with Crippen molar-refractivity contribution in [3.8, 4) is 0 Å². The van der Waals surface area contributed by atoms with Gasteiger partial charge in [0.25, 0.3) is 0 Å². The van der Waals surface area contributed by atoms with Crippen molar-refractivity contribution in [1.29, 1.82) is 0 Å². The first kappa shape index (κ1) is 21.5. The van der Waals surface area contributed by atoms with Gasteiger partial charge >= 0.3 is 6.03 Å². The number of urea groups is 1. The van der Waals surface area contributed by atoms with E-state index in [1.54, 1.807) is 13.8 Å². The van der Waals surface area contributed by atoms with Gasteiger partial charge in [-0.3, -0.25) is 4.79 Å². The van der Waals surface area contributed by atoms with Crippen molar-refractivity contribution in [2.45, 2.75) is 51.1 Å². The van der Waals surface area contributed by atoms with Crippen molar-refractivity contribution >= 4 is 30.0 Å². The first-order valence-electron chi connectivity index (χ1n) is 9.61. The summed E-state index contributed by atoms with van der Waals surface area (Å²) in [7, 11) is 0. The van der Waals surface area contributed by atoms with E-state index < -0.39 is 5.54 Å². The number of carbonyl (C=O) groups is 2. The first-order valence-corrected chi connectivity index (χ1v) is 9.61. The molecule has 0 radical (unpaired) electrons. The Morgan fingerprint density at radius 1 is 1.07 bits per heavy atom. The highest BCUT2D eigenvalue weighted by Crippen LogP contribution is 2.28. The largest absolute Gasteiger partial charge is 0.341 e. The molecule has 1 heterocycles. The lowest BCUT2D eigenvalue weighted by atomic mass is 9.99. The van der Waals surface area contributed by atoms with Crippen LogP contribution < -0.4 is 16.0 Å².